The molecule has 2 atom stereocenters. The lowest BCUT2D eigenvalue weighted by molar-refractivity contribution is -0.136. The number of nitrogens with zero attached hydrogens (tertiary/aromatic N) is 5. The highest BCUT2D eigenvalue weighted by Gasteiger charge is 2.41. The number of hydrogen-bond acceptors (Lipinski definition) is 9. The lowest BCUT2D eigenvalue weighted by Gasteiger charge is -2.41. The number of aromatic amines is 1. The third-order valence-corrected chi connectivity index (χ3v) is 11.4. The van der Waals surface area contributed by atoms with Crippen molar-refractivity contribution in [2.24, 2.45) is 0 Å². The Balaban J connectivity index is 1.31. The fraction of sp³-hybridized carbons (Fsp3) is 0.500. The van der Waals surface area contributed by atoms with Crippen molar-refractivity contribution in [3.05, 3.63) is 44.4 Å². The molecule has 2 saturated heterocycles. The average Bonchev–Trinajstić information content (AvgIpc) is 3.59. The van der Waals surface area contributed by atoms with Crippen molar-refractivity contribution in [3.63, 3.8) is 0 Å². The molecule has 2 N–H and O–H groups in total. The summed E-state index contributed by atoms with van der Waals surface area (Å²) in [6.45, 7) is 4.52. The maximum atomic E-state index is 14.1. The minimum absolute atomic E-state index is 0.0299. The molecule has 43 heavy (non-hydrogen) atoms. The van der Waals surface area contributed by atoms with Gasteiger partial charge >= 0.3 is 0 Å². The smallest absolute Gasteiger partial charge is 0.283 e. The second-order valence-electron chi connectivity index (χ2n) is 11.0. The van der Waals surface area contributed by atoms with E-state index < -0.39 is 16.1 Å². The molecule has 3 aliphatic rings. The summed E-state index contributed by atoms with van der Waals surface area (Å²) in [5, 5.41) is 14.2. The molecule has 2 aromatic heterocycles. The number of aromatic nitrogens is 2. The molecule has 0 saturated carbocycles. The van der Waals surface area contributed by atoms with Crippen LogP contribution < -0.4 is 5.32 Å². The fourth-order valence-corrected chi connectivity index (χ4v) is 8.80. The molecule has 2 unspecified atom stereocenters. The molecule has 15 heteroatoms. The molecule has 0 radical (unpaired) electrons. The number of amides is 2. The maximum absolute atomic E-state index is 14.1. The van der Waals surface area contributed by atoms with Crippen molar-refractivity contribution < 1.29 is 22.7 Å². The van der Waals surface area contributed by atoms with E-state index in [1.807, 2.05) is 0 Å². The van der Waals surface area contributed by atoms with E-state index in [2.05, 4.69) is 28.3 Å². The normalized spacial score (nSPS) is 21.5. The Morgan fingerprint density at radius 2 is 2.02 bits per heavy atom. The second kappa shape index (κ2) is 12.1. The molecule has 5 heterocycles. The minimum Gasteiger partial charge on any atom is -0.378 e. The first-order valence-electron chi connectivity index (χ1n) is 14.2. The summed E-state index contributed by atoms with van der Waals surface area (Å²) in [7, 11) is -4.13. The van der Waals surface area contributed by atoms with Crippen LogP contribution >= 0.6 is 22.9 Å². The first-order chi connectivity index (χ1) is 20.7. The minimum atomic E-state index is -4.13. The average molecular weight is 646 g/mol. The van der Waals surface area contributed by atoms with Gasteiger partial charge in [0.2, 0.25) is 5.91 Å². The molecule has 2 fully saturated rings. The Kier molecular flexibility index (Phi) is 8.47. The number of fused-ring (bicyclic) bond motifs is 2. The van der Waals surface area contributed by atoms with Crippen molar-refractivity contribution in [2.45, 2.75) is 49.8 Å². The van der Waals surface area contributed by atoms with Crippen LogP contribution in [0.25, 0.3) is 10.9 Å². The number of carbonyl (C=O) groups is 2. The number of benzene rings is 1. The van der Waals surface area contributed by atoms with Crippen molar-refractivity contribution in [1.29, 1.82) is 5.26 Å². The summed E-state index contributed by atoms with van der Waals surface area (Å²) in [6.07, 6.45) is 0.564. The molecular formula is C28H32ClN7O5S2. The number of rotatable bonds is 6. The van der Waals surface area contributed by atoms with Gasteiger partial charge in [-0.15, -0.1) is 11.3 Å². The van der Waals surface area contributed by atoms with E-state index in [-0.39, 0.29) is 55.4 Å². The van der Waals surface area contributed by atoms with Crippen LogP contribution in [0.4, 0.5) is 0 Å². The standard InChI is InChI=1S/C28H32ClN7O5S2/c1-17-12-23-24(15-31-17)42-26(32-23)28(38)36-7-6-35(16-19(36)14-25(37)34-8-10-41-11-9-34)43(39,40)27-20(4-5-30)21-13-18(29)2-3-22(21)33-27/h2-3,13,17,19,31,33H,4,6-12,14-16H2,1H3. The number of ether oxygens (including phenoxy) is 1. The van der Waals surface area contributed by atoms with Crippen molar-refractivity contribution >= 4 is 55.7 Å². The lowest BCUT2D eigenvalue weighted by Crippen LogP contribution is -2.58. The summed E-state index contributed by atoms with van der Waals surface area (Å²) in [5.41, 5.74) is 1.80. The SMILES string of the molecule is CC1Cc2nc(C(=O)N3CCN(S(=O)(=O)c4[nH]c5ccc(Cl)cc5c4CC#N)CC3CC(=O)N3CCOCC3)sc2CN1. The van der Waals surface area contributed by atoms with Gasteiger partial charge in [-0.2, -0.15) is 9.57 Å². The van der Waals surface area contributed by atoms with E-state index >= 15 is 0 Å². The van der Waals surface area contributed by atoms with Gasteiger partial charge in [-0.25, -0.2) is 13.4 Å². The van der Waals surface area contributed by atoms with E-state index in [0.29, 0.717) is 59.3 Å². The number of thiazole rings is 1. The van der Waals surface area contributed by atoms with Gasteiger partial charge < -0.3 is 24.8 Å². The predicted molar refractivity (Wildman–Crippen MR) is 160 cm³/mol. The van der Waals surface area contributed by atoms with E-state index in [9.17, 15) is 23.3 Å². The van der Waals surface area contributed by atoms with Crippen molar-refractivity contribution in [3.8, 4) is 6.07 Å². The number of nitrogens with one attached hydrogen (secondary N) is 2. The third kappa shape index (κ3) is 5.90. The molecule has 0 spiro atoms. The Morgan fingerprint density at radius 1 is 1.23 bits per heavy atom. The van der Waals surface area contributed by atoms with Gasteiger partial charge in [0.25, 0.3) is 15.9 Å². The zero-order chi connectivity index (χ0) is 30.3. The van der Waals surface area contributed by atoms with Crippen LogP contribution in [0.2, 0.25) is 5.02 Å². The third-order valence-electron chi connectivity index (χ3n) is 8.23. The van der Waals surface area contributed by atoms with Gasteiger partial charge in [0, 0.05) is 84.5 Å². The number of piperazine rings is 1. The van der Waals surface area contributed by atoms with Gasteiger partial charge in [0.1, 0.15) is 0 Å². The van der Waals surface area contributed by atoms with E-state index in [0.717, 1.165) is 17.0 Å². The van der Waals surface area contributed by atoms with Gasteiger partial charge in [0.15, 0.2) is 10.0 Å². The molecule has 2 amide bonds. The topological polar surface area (TPSA) is 152 Å². The fourth-order valence-electron chi connectivity index (χ4n) is 5.95. The molecule has 228 valence electrons. The second-order valence-corrected chi connectivity index (χ2v) is 14.4. The van der Waals surface area contributed by atoms with Crippen LogP contribution in [0.1, 0.15) is 39.3 Å². The summed E-state index contributed by atoms with van der Waals surface area (Å²) < 4.78 is 34.9. The van der Waals surface area contributed by atoms with Crippen LogP contribution in [0.15, 0.2) is 23.2 Å². The zero-order valence-electron chi connectivity index (χ0n) is 23.6. The molecule has 12 nitrogen and oxygen atoms in total. The monoisotopic (exact) mass is 645 g/mol. The van der Waals surface area contributed by atoms with Crippen molar-refractivity contribution in [1.82, 2.24) is 29.4 Å². The zero-order valence-corrected chi connectivity index (χ0v) is 26.0. The quantitative estimate of drug-likeness (QED) is 0.414. The highest BCUT2D eigenvalue weighted by Crippen LogP contribution is 2.32. The Hall–Kier alpha value is -3.06. The summed E-state index contributed by atoms with van der Waals surface area (Å²) in [4.78, 5) is 39.2. The molecule has 1 aromatic carbocycles. The number of carbonyl (C=O) groups excluding carboxylic acids is 2. The number of halogens is 1. The van der Waals surface area contributed by atoms with E-state index in [4.69, 9.17) is 16.3 Å². The van der Waals surface area contributed by atoms with Gasteiger partial charge in [-0.05, 0) is 25.1 Å². The van der Waals surface area contributed by atoms with Crippen molar-refractivity contribution in [2.75, 3.05) is 45.9 Å². The Labute approximate surface area is 258 Å². The van der Waals surface area contributed by atoms with Gasteiger partial charge in [-0.3, -0.25) is 9.59 Å². The van der Waals surface area contributed by atoms with Gasteiger partial charge in [0.05, 0.1) is 37.4 Å². The highest BCUT2D eigenvalue weighted by atomic mass is 35.5. The van der Waals surface area contributed by atoms with Crippen LogP contribution in [0.3, 0.4) is 0 Å². The maximum Gasteiger partial charge on any atom is 0.283 e. The van der Waals surface area contributed by atoms with Gasteiger partial charge in [-0.1, -0.05) is 11.6 Å². The number of H-pyrrole nitrogens is 1. The van der Waals surface area contributed by atoms with E-state index in [1.54, 1.807) is 28.0 Å². The first-order valence-corrected chi connectivity index (χ1v) is 16.8. The number of sulfonamides is 1. The summed E-state index contributed by atoms with van der Waals surface area (Å²) in [6, 6.07) is 6.59. The molecule has 0 bridgehead atoms. The van der Waals surface area contributed by atoms with E-state index in [1.165, 1.54) is 15.6 Å². The largest absolute Gasteiger partial charge is 0.378 e. The Bertz CT molecular complexity index is 1710. The first kappa shape index (κ1) is 30.0. The summed E-state index contributed by atoms with van der Waals surface area (Å²) in [5.74, 6) is -0.457. The highest BCUT2D eigenvalue weighted by molar-refractivity contribution is 7.89. The molecule has 0 aliphatic carbocycles. The molecular weight excluding hydrogens is 614 g/mol. The summed E-state index contributed by atoms with van der Waals surface area (Å²) >= 11 is 7.53. The van der Waals surface area contributed by atoms with Crippen LogP contribution in [0.5, 0.6) is 0 Å². The predicted octanol–water partition coefficient (Wildman–Crippen LogP) is 2.14. The lowest BCUT2D eigenvalue weighted by atomic mass is 10.1. The number of hydrogen-bond donors (Lipinski definition) is 2. The van der Waals surface area contributed by atoms with Crippen LogP contribution in [-0.4, -0.2) is 102 Å². The van der Waals surface area contributed by atoms with Crippen LogP contribution in [-0.2, 0) is 38.9 Å². The molecule has 6 rings (SSSR count). The number of morpholine rings is 1. The molecule has 3 aliphatic heterocycles. The Morgan fingerprint density at radius 3 is 2.79 bits per heavy atom. The molecule has 3 aromatic rings. The number of nitriles is 1. The van der Waals surface area contributed by atoms with Crippen LogP contribution in [0, 0.1) is 11.3 Å².